The van der Waals surface area contributed by atoms with Gasteiger partial charge in [-0.3, -0.25) is 4.79 Å². The maximum atomic E-state index is 13.7. The Morgan fingerprint density at radius 1 is 1.07 bits per heavy atom. The number of methoxy groups -OCH3 is 1. The molecule has 1 N–H and O–H groups in total. The summed E-state index contributed by atoms with van der Waals surface area (Å²) < 4.78 is 59.9. The van der Waals surface area contributed by atoms with Crippen LogP contribution in [0.3, 0.4) is 0 Å². The number of benzene rings is 1. The van der Waals surface area contributed by atoms with Gasteiger partial charge in [-0.15, -0.1) is 0 Å². The van der Waals surface area contributed by atoms with E-state index in [9.17, 15) is 22.4 Å². The molecule has 2 aromatic heterocycles. The van der Waals surface area contributed by atoms with Crippen LogP contribution in [-0.4, -0.2) is 21.6 Å². The maximum Gasteiger partial charge on any atom is 0.310 e. The van der Waals surface area contributed by atoms with Gasteiger partial charge in [-0.25, -0.2) is 18.2 Å². The van der Waals surface area contributed by atoms with Gasteiger partial charge >= 0.3 is 5.56 Å². The second kappa shape index (κ2) is 7.67. The van der Waals surface area contributed by atoms with Crippen LogP contribution in [0, 0.1) is 30.2 Å². The summed E-state index contributed by atoms with van der Waals surface area (Å²) in [5.41, 5.74) is -0.156. The Labute approximate surface area is 156 Å². The van der Waals surface area contributed by atoms with Crippen molar-refractivity contribution in [2.45, 2.75) is 13.5 Å². The normalized spacial score (nSPS) is 10.8. The molecule has 2 heterocycles. The lowest BCUT2D eigenvalue weighted by Crippen LogP contribution is -2.20. The first-order chi connectivity index (χ1) is 13.3. The molecule has 0 fully saturated rings. The maximum absolute atomic E-state index is 13.7. The van der Waals surface area contributed by atoms with Gasteiger partial charge in [-0.05, 0) is 30.7 Å². The molecule has 3 aromatic rings. The van der Waals surface area contributed by atoms with Crippen molar-refractivity contribution in [1.82, 2.24) is 14.5 Å². The van der Waals surface area contributed by atoms with Crippen molar-refractivity contribution in [3.05, 3.63) is 75.3 Å². The molecule has 1 aromatic carbocycles. The zero-order valence-electron chi connectivity index (χ0n) is 14.8. The van der Waals surface area contributed by atoms with Crippen LogP contribution in [0.4, 0.5) is 29.2 Å². The van der Waals surface area contributed by atoms with Crippen molar-refractivity contribution in [3.8, 4) is 5.88 Å². The molecule has 0 radical (unpaired) electrons. The number of hydrogen-bond acceptors (Lipinski definition) is 5. The molecule has 0 saturated carbocycles. The summed E-state index contributed by atoms with van der Waals surface area (Å²) in [7, 11) is 1.45. The van der Waals surface area contributed by atoms with E-state index in [1.807, 2.05) is 0 Å². The molecule has 6 nitrogen and oxygen atoms in total. The van der Waals surface area contributed by atoms with Crippen LogP contribution < -0.4 is 15.6 Å². The molecule has 3 rings (SSSR count). The van der Waals surface area contributed by atoms with Crippen LogP contribution in [0.15, 0.2) is 35.3 Å². The monoisotopic (exact) mass is 394 g/mol. The molecular weight excluding hydrogens is 380 g/mol. The van der Waals surface area contributed by atoms with Crippen molar-refractivity contribution in [2.75, 3.05) is 12.4 Å². The summed E-state index contributed by atoms with van der Waals surface area (Å²) in [6.07, 6.45) is 0.836. The molecular formula is C18H14F4N4O2. The lowest BCUT2D eigenvalue weighted by Gasteiger charge is -2.15. The number of nitrogens with one attached hydrogen (secondary N) is 1. The molecule has 0 spiro atoms. The molecule has 0 saturated heterocycles. The van der Waals surface area contributed by atoms with E-state index in [1.54, 1.807) is 19.1 Å². The molecule has 28 heavy (non-hydrogen) atoms. The summed E-state index contributed by atoms with van der Waals surface area (Å²) in [4.78, 5) is 19.4. The Hall–Kier alpha value is -3.43. The molecule has 0 aliphatic rings. The Balaban J connectivity index is 2.00. The van der Waals surface area contributed by atoms with Crippen molar-refractivity contribution in [1.29, 1.82) is 0 Å². The van der Waals surface area contributed by atoms with E-state index < -0.39 is 28.8 Å². The van der Waals surface area contributed by atoms with Gasteiger partial charge in [0.15, 0.2) is 17.5 Å². The van der Waals surface area contributed by atoms with Gasteiger partial charge in [0, 0.05) is 12.3 Å². The summed E-state index contributed by atoms with van der Waals surface area (Å²) in [6.45, 7) is 1.39. The van der Waals surface area contributed by atoms with Crippen LogP contribution in [0.5, 0.6) is 5.88 Å². The highest BCUT2D eigenvalue weighted by Crippen LogP contribution is 2.21. The topological polar surface area (TPSA) is 69.0 Å². The lowest BCUT2D eigenvalue weighted by atomic mass is 10.2. The Morgan fingerprint density at radius 3 is 2.36 bits per heavy atom. The molecule has 0 amide bonds. The standard InChI is InChI=1S/C18H14F4N4O2/c1-9-14(3-4-15(23-9)28-2)24-18-25-17(27)13(21)8-26(18)7-10-5-11(19)16(22)12(20)6-10/h3-6,8H,7H2,1-2H3,(H,24,25,27). The van der Waals surface area contributed by atoms with Crippen molar-refractivity contribution in [2.24, 2.45) is 0 Å². The number of aromatic nitrogens is 3. The minimum Gasteiger partial charge on any atom is -0.481 e. The number of pyridine rings is 1. The first-order valence-corrected chi connectivity index (χ1v) is 7.97. The van der Waals surface area contributed by atoms with Gasteiger partial charge in [0.2, 0.25) is 17.6 Å². The zero-order valence-corrected chi connectivity index (χ0v) is 14.8. The van der Waals surface area contributed by atoms with E-state index in [-0.39, 0.29) is 18.1 Å². The molecule has 0 aliphatic carbocycles. The first kappa shape index (κ1) is 19.3. The Bertz CT molecular complexity index is 1080. The molecule has 0 unspecified atom stereocenters. The van der Waals surface area contributed by atoms with Gasteiger partial charge in [0.05, 0.1) is 25.0 Å². The quantitative estimate of drug-likeness (QED) is 0.531. The Kier molecular flexibility index (Phi) is 5.30. The van der Waals surface area contributed by atoms with Gasteiger partial charge in [0.25, 0.3) is 0 Å². The van der Waals surface area contributed by atoms with E-state index in [2.05, 4.69) is 15.3 Å². The molecule has 0 aliphatic heterocycles. The predicted molar refractivity (Wildman–Crippen MR) is 92.7 cm³/mol. The van der Waals surface area contributed by atoms with Crippen LogP contribution in [0.2, 0.25) is 0 Å². The number of nitrogens with zero attached hydrogens (tertiary/aromatic N) is 3. The van der Waals surface area contributed by atoms with Crippen LogP contribution in [0.25, 0.3) is 0 Å². The van der Waals surface area contributed by atoms with Crippen LogP contribution >= 0.6 is 0 Å². The third kappa shape index (κ3) is 3.95. The highest BCUT2D eigenvalue weighted by molar-refractivity contribution is 5.57. The van der Waals surface area contributed by atoms with Gasteiger partial charge in [0.1, 0.15) is 0 Å². The number of aryl methyl sites for hydroxylation is 1. The number of hydrogen-bond donors (Lipinski definition) is 1. The first-order valence-electron chi connectivity index (χ1n) is 7.97. The van der Waals surface area contributed by atoms with Crippen molar-refractivity contribution < 1.29 is 22.3 Å². The largest absolute Gasteiger partial charge is 0.481 e. The smallest absolute Gasteiger partial charge is 0.310 e. The van der Waals surface area contributed by atoms with E-state index in [1.165, 1.54) is 7.11 Å². The lowest BCUT2D eigenvalue weighted by molar-refractivity contribution is 0.397. The average molecular weight is 394 g/mol. The van der Waals surface area contributed by atoms with E-state index in [0.717, 1.165) is 22.9 Å². The molecule has 0 bridgehead atoms. The second-order valence-corrected chi connectivity index (χ2v) is 5.83. The van der Waals surface area contributed by atoms with Crippen molar-refractivity contribution in [3.63, 3.8) is 0 Å². The average Bonchev–Trinajstić information content (AvgIpc) is 2.65. The highest BCUT2D eigenvalue weighted by atomic mass is 19.2. The van der Waals surface area contributed by atoms with Crippen LogP contribution in [-0.2, 0) is 6.54 Å². The fourth-order valence-corrected chi connectivity index (χ4v) is 2.49. The summed E-state index contributed by atoms with van der Waals surface area (Å²) in [6, 6.07) is 4.72. The second-order valence-electron chi connectivity index (χ2n) is 5.83. The van der Waals surface area contributed by atoms with Gasteiger partial charge in [-0.1, -0.05) is 0 Å². The fraction of sp³-hybridized carbons (Fsp3) is 0.167. The minimum absolute atomic E-state index is 0.00822. The zero-order chi connectivity index (χ0) is 20.4. The highest BCUT2D eigenvalue weighted by Gasteiger charge is 2.14. The minimum atomic E-state index is -1.61. The third-order valence-electron chi connectivity index (χ3n) is 3.87. The Morgan fingerprint density at radius 2 is 1.75 bits per heavy atom. The van der Waals surface area contributed by atoms with E-state index in [0.29, 0.717) is 17.3 Å². The van der Waals surface area contributed by atoms with Gasteiger partial charge in [-0.2, -0.15) is 9.37 Å². The molecule has 146 valence electrons. The third-order valence-corrected chi connectivity index (χ3v) is 3.87. The number of rotatable bonds is 5. The number of halogens is 4. The molecule has 0 atom stereocenters. The fourth-order valence-electron chi connectivity index (χ4n) is 2.49. The summed E-state index contributed by atoms with van der Waals surface area (Å²) >= 11 is 0. The predicted octanol–water partition coefficient (Wildman–Crippen LogP) is 3.30. The number of ether oxygens (including phenoxy) is 1. The van der Waals surface area contributed by atoms with E-state index >= 15 is 0 Å². The molecule has 10 heteroatoms. The number of anilines is 2. The van der Waals surface area contributed by atoms with Crippen LogP contribution in [0.1, 0.15) is 11.3 Å². The van der Waals surface area contributed by atoms with Crippen molar-refractivity contribution >= 4 is 11.6 Å². The SMILES string of the molecule is COc1ccc(Nc2nc(=O)c(F)cn2Cc2cc(F)c(F)c(F)c2)c(C)n1. The summed E-state index contributed by atoms with van der Waals surface area (Å²) in [5, 5.41) is 2.83. The van der Waals surface area contributed by atoms with Gasteiger partial charge < -0.3 is 14.6 Å². The summed E-state index contributed by atoms with van der Waals surface area (Å²) in [5.74, 6) is -5.25. The van der Waals surface area contributed by atoms with E-state index in [4.69, 9.17) is 4.74 Å².